The minimum Gasteiger partial charge on any atom is -0.380 e. The second kappa shape index (κ2) is 4.15. The molecular weight excluding hydrogens is 246 g/mol. The van der Waals surface area contributed by atoms with E-state index in [9.17, 15) is 8.42 Å². The zero-order valence-corrected chi connectivity index (χ0v) is 10.8. The third kappa shape index (κ3) is 1.89. The smallest absolute Gasteiger partial charge is 0.217 e. The van der Waals surface area contributed by atoms with Gasteiger partial charge in [0.15, 0.2) is 0 Å². The van der Waals surface area contributed by atoms with Crippen molar-refractivity contribution in [1.29, 1.82) is 0 Å². The summed E-state index contributed by atoms with van der Waals surface area (Å²) in [6.45, 7) is 2.12. The summed E-state index contributed by atoms with van der Waals surface area (Å²) < 4.78 is 31.8. The van der Waals surface area contributed by atoms with E-state index in [1.54, 1.807) is 4.31 Å². The number of sulfonamides is 1. The molecule has 92 valence electrons. The topological polar surface area (TPSA) is 46.6 Å². The maximum absolute atomic E-state index is 12.3. The average Bonchev–Trinajstić information content (AvgIpc) is 3.12. The molecule has 0 N–H and O–H groups in total. The van der Waals surface area contributed by atoms with Crippen molar-refractivity contribution in [2.24, 2.45) is 0 Å². The van der Waals surface area contributed by atoms with Gasteiger partial charge in [0.25, 0.3) is 0 Å². The Hall–Kier alpha value is 0.220. The van der Waals surface area contributed by atoms with E-state index in [1.165, 1.54) is 0 Å². The lowest BCUT2D eigenvalue weighted by molar-refractivity contribution is 0.0625. The van der Waals surface area contributed by atoms with E-state index in [0.29, 0.717) is 25.0 Å². The van der Waals surface area contributed by atoms with E-state index in [0.717, 1.165) is 25.0 Å². The van der Waals surface area contributed by atoms with Crippen LogP contribution in [-0.4, -0.2) is 54.8 Å². The van der Waals surface area contributed by atoms with Crippen LogP contribution in [-0.2, 0) is 14.8 Å². The molecule has 0 aromatic heterocycles. The SMILES string of the molecule is O=S(=O)(C1CC1)N1CCSC2COCCC21. The number of rotatable bonds is 2. The van der Waals surface area contributed by atoms with Crippen LogP contribution in [0.5, 0.6) is 0 Å². The summed E-state index contributed by atoms with van der Waals surface area (Å²) in [6, 6.07) is 0.193. The first-order chi connectivity index (χ1) is 7.69. The lowest BCUT2D eigenvalue weighted by Crippen LogP contribution is -2.54. The summed E-state index contributed by atoms with van der Waals surface area (Å²) in [5, 5.41) is 0.287. The number of hydrogen-bond donors (Lipinski definition) is 0. The fourth-order valence-corrected chi connectivity index (χ4v) is 6.11. The monoisotopic (exact) mass is 263 g/mol. The predicted molar refractivity (Wildman–Crippen MR) is 64.1 cm³/mol. The van der Waals surface area contributed by atoms with E-state index < -0.39 is 10.0 Å². The standard InChI is InChI=1S/C10H17NO3S2/c12-16(13,8-1-2-8)11-4-6-15-10-7-14-5-3-9(10)11/h8-10H,1-7H2. The Morgan fingerprint density at radius 1 is 1.25 bits per heavy atom. The van der Waals surface area contributed by atoms with Gasteiger partial charge in [0, 0.05) is 30.2 Å². The van der Waals surface area contributed by atoms with Gasteiger partial charge >= 0.3 is 0 Å². The highest BCUT2D eigenvalue weighted by Gasteiger charge is 2.46. The van der Waals surface area contributed by atoms with Crippen LogP contribution in [0.15, 0.2) is 0 Å². The molecule has 1 aliphatic carbocycles. The third-order valence-electron chi connectivity index (χ3n) is 3.56. The molecule has 4 nitrogen and oxygen atoms in total. The molecule has 3 fully saturated rings. The molecule has 0 radical (unpaired) electrons. The van der Waals surface area contributed by atoms with Crippen LogP contribution >= 0.6 is 11.8 Å². The molecule has 0 aromatic rings. The first kappa shape index (κ1) is 11.3. The average molecular weight is 263 g/mol. The Balaban J connectivity index is 1.82. The van der Waals surface area contributed by atoms with Crippen molar-refractivity contribution in [1.82, 2.24) is 4.31 Å². The summed E-state index contributed by atoms with van der Waals surface area (Å²) in [6.07, 6.45) is 2.59. The molecule has 2 atom stereocenters. The lowest BCUT2D eigenvalue weighted by Gasteiger charge is -2.42. The Labute approximate surface area is 101 Å². The van der Waals surface area contributed by atoms with Crippen LogP contribution < -0.4 is 0 Å². The van der Waals surface area contributed by atoms with Crippen molar-refractivity contribution in [3.05, 3.63) is 0 Å². The molecule has 2 heterocycles. The second-order valence-electron chi connectivity index (χ2n) is 4.70. The number of fused-ring (bicyclic) bond motifs is 1. The van der Waals surface area contributed by atoms with Gasteiger partial charge in [-0.05, 0) is 19.3 Å². The first-order valence-corrected chi connectivity index (χ1v) is 8.45. The van der Waals surface area contributed by atoms with Crippen LogP contribution in [0.1, 0.15) is 19.3 Å². The summed E-state index contributed by atoms with van der Waals surface area (Å²) in [7, 11) is -2.99. The maximum Gasteiger partial charge on any atom is 0.217 e. The summed E-state index contributed by atoms with van der Waals surface area (Å²) >= 11 is 1.87. The van der Waals surface area contributed by atoms with Gasteiger partial charge in [-0.1, -0.05) is 0 Å². The number of thioether (sulfide) groups is 1. The zero-order valence-electron chi connectivity index (χ0n) is 9.17. The van der Waals surface area contributed by atoms with Crippen molar-refractivity contribution in [2.45, 2.75) is 35.8 Å². The summed E-state index contributed by atoms with van der Waals surface area (Å²) in [5.74, 6) is 0.913. The molecule has 3 aliphatic rings. The quantitative estimate of drug-likeness (QED) is 0.735. The normalized spacial score (nSPS) is 37.0. The molecule has 0 aromatic carbocycles. The van der Waals surface area contributed by atoms with Crippen LogP contribution in [0.4, 0.5) is 0 Å². The fraction of sp³-hybridized carbons (Fsp3) is 1.00. The minimum absolute atomic E-state index is 0.0703. The van der Waals surface area contributed by atoms with Crippen molar-refractivity contribution in [2.75, 3.05) is 25.5 Å². The van der Waals surface area contributed by atoms with Crippen LogP contribution in [0.3, 0.4) is 0 Å². The van der Waals surface area contributed by atoms with Gasteiger partial charge in [0.1, 0.15) is 0 Å². The molecule has 0 amide bonds. The Morgan fingerprint density at radius 2 is 2.06 bits per heavy atom. The maximum atomic E-state index is 12.3. The third-order valence-corrected chi connectivity index (χ3v) is 7.27. The molecule has 2 aliphatic heterocycles. The van der Waals surface area contributed by atoms with Gasteiger partial charge in [-0.25, -0.2) is 8.42 Å². The largest absolute Gasteiger partial charge is 0.380 e. The van der Waals surface area contributed by atoms with E-state index in [2.05, 4.69) is 0 Å². The van der Waals surface area contributed by atoms with Crippen LogP contribution in [0.25, 0.3) is 0 Å². The van der Waals surface area contributed by atoms with Gasteiger partial charge in [-0.15, -0.1) is 0 Å². The molecule has 3 rings (SSSR count). The van der Waals surface area contributed by atoms with Crippen molar-refractivity contribution >= 4 is 21.8 Å². The molecule has 6 heteroatoms. The van der Waals surface area contributed by atoms with Gasteiger partial charge < -0.3 is 4.74 Å². The van der Waals surface area contributed by atoms with Gasteiger partial charge in [-0.2, -0.15) is 16.1 Å². The second-order valence-corrected chi connectivity index (χ2v) is 8.21. The highest BCUT2D eigenvalue weighted by molar-refractivity contribution is 8.00. The summed E-state index contributed by atoms with van der Waals surface area (Å²) in [5.41, 5.74) is 0. The van der Waals surface area contributed by atoms with Gasteiger partial charge in [0.05, 0.1) is 11.9 Å². The molecular formula is C10H17NO3S2. The van der Waals surface area contributed by atoms with Crippen LogP contribution in [0.2, 0.25) is 0 Å². The highest BCUT2D eigenvalue weighted by Crippen LogP contribution is 2.37. The van der Waals surface area contributed by atoms with Crippen LogP contribution in [0, 0.1) is 0 Å². The molecule has 1 saturated carbocycles. The number of nitrogens with zero attached hydrogens (tertiary/aromatic N) is 1. The lowest BCUT2D eigenvalue weighted by atomic mass is 10.1. The Kier molecular flexibility index (Phi) is 2.94. The molecule has 0 spiro atoms. The Bertz CT molecular complexity index is 364. The van der Waals surface area contributed by atoms with E-state index in [1.807, 2.05) is 11.8 Å². The number of ether oxygens (including phenoxy) is 1. The predicted octanol–water partition coefficient (Wildman–Crippen LogP) is 0.685. The molecule has 2 unspecified atom stereocenters. The van der Waals surface area contributed by atoms with E-state index >= 15 is 0 Å². The van der Waals surface area contributed by atoms with E-state index in [4.69, 9.17) is 4.74 Å². The first-order valence-electron chi connectivity index (χ1n) is 5.89. The fourth-order valence-electron chi connectivity index (χ4n) is 2.52. The van der Waals surface area contributed by atoms with Crippen molar-refractivity contribution < 1.29 is 13.2 Å². The molecule has 16 heavy (non-hydrogen) atoms. The van der Waals surface area contributed by atoms with Gasteiger partial charge in [-0.3, -0.25) is 0 Å². The van der Waals surface area contributed by atoms with Crippen molar-refractivity contribution in [3.63, 3.8) is 0 Å². The van der Waals surface area contributed by atoms with E-state index in [-0.39, 0.29) is 11.3 Å². The molecule has 0 bridgehead atoms. The molecule has 2 saturated heterocycles. The number of hydrogen-bond acceptors (Lipinski definition) is 4. The minimum atomic E-state index is -2.99. The Morgan fingerprint density at radius 3 is 2.81 bits per heavy atom. The van der Waals surface area contributed by atoms with Crippen molar-refractivity contribution in [3.8, 4) is 0 Å². The zero-order chi connectivity index (χ0) is 11.2. The highest BCUT2D eigenvalue weighted by atomic mass is 32.2. The summed E-state index contributed by atoms with van der Waals surface area (Å²) in [4.78, 5) is 0. The van der Waals surface area contributed by atoms with Gasteiger partial charge in [0.2, 0.25) is 10.0 Å².